The summed E-state index contributed by atoms with van der Waals surface area (Å²) in [6, 6.07) is 19.9. The SMILES string of the molecule is C=C[C@@H]1C[C@]1(NC(=O)[C@@H]1C[C@@H](Oc2cc(-c3ccccc3)nc3cc(OC)ccc23)CN1C(=O)[C@@H](NC(=O)OC(C)(C)C)C(C)(C)C)C(=O)NS(=O)(=O)c1ccccc1Cl. The molecule has 1 saturated heterocycles. The fourth-order valence-electron chi connectivity index (χ4n) is 7.22. The van der Waals surface area contributed by atoms with Gasteiger partial charge in [-0.05, 0) is 56.9 Å². The molecule has 1 saturated carbocycles. The van der Waals surface area contributed by atoms with Gasteiger partial charge in [-0.2, -0.15) is 0 Å². The number of sulfonamides is 1. The van der Waals surface area contributed by atoms with Gasteiger partial charge in [-0.1, -0.05) is 80.9 Å². The van der Waals surface area contributed by atoms with Crippen LogP contribution in [0.4, 0.5) is 4.79 Å². The Morgan fingerprint density at radius 3 is 2.28 bits per heavy atom. The van der Waals surface area contributed by atoms with Gasteiger partial charge in [0.25, 0.3) is 15.9 Å². The second kappa shape index (κ2) is 16.8. The molecule has 1 aliphatic carbocycles. The molecule has 0 bridgehead atoms. The highest BCUT2D eigenvalue weighted by atomic mass is 35.5. The van der Waals surface area contributed by atoms with Gasteiger partial charge in [0.2, 0.25) is 11.8 Å². The molecule has 1 aromatic heterocycles. The molecule has 2 heterocycles. The van der Waals surface area contributed by atoms with Crippen molar-refractivity contribution >= 4 is 56.3 Å². The zero-order valence-corrected chi connectivity index (χ0v) is 36.1. The molecule has 60 heavy (non-hydrogen) atoms. The molecule has 5 atom stereocenters. The Bertz CT molecular complexity index is 2430. The average Bonchev–Trinajstić information content (AvgIpc) is 3.74. The van der Waals surface area contributed by atoms with E-state index in [4.69, 9.17) is 30.8 Å². The normalized spacial score (nSPS) is 20.7. The van der Waals surface area contributed by atoms with Crippen LogP contribution in [-0.4, -0.2) is 85.1 Å². The molecular formula is C44H50ClN5O9S. The first-order valence-corrected chi connectivity index (χ1v) is 21.3. The average molecular weight is 860 g/mol. The summed E-state index contributed by atoms with van der Waals surface area (Å²) in [6.07, 6.45) is -0.122. The maximum absolute atomic E-state index is 14.7. The molecule has 4 aromatic rings. The van der Waals surface area contributed by atoms with Gasteiger partial charge in [-0.25, -0.2) is 22.9 Å². The number of nitrogens with zero attached hydrogens (tertiary/aromatic N) is 2. The van der Waals surface area contributed by atoms with Gasteiger partial charge in [-0.3, -0.25) is 14.4 Å². The van der Waals surface area contributed by atoms with E-state index in [1.54, 1.807) is 72.9 Å². The molecule has 16 heteroatoms. The van der Waals surface area contributed by atoms with E-state index in [0.717, 1.165) is 5.56 Å². The molecule has 0 radical (unpaired) electrons. The number of ether oxygens (including phenoxy) is 3. The lowest BCUT2D eigenvalue weighted by atomic mass is 9.85. The van der Waals surface area contributed by atoms with E-state index in [0.29, 0.717) is 28.1 Å². The van der Waals surface area contributed by atoms with Crippen LogP contribution in [0.5, 0.6) is 11.5 Å². The van der Waals surface area contributed by atoms with Crippen LogP contribution < -0.4 is 24.8 Å². The molecule has 6 rings (SSSR count). The van der Waals surface area contributed by atoms with Gasteiger partial charge in [0.1, 0.15) is 45.7 Å². The number of carbonyl (C=O) groups excluding carboxylic acids is 4. The summed E-state index contributed by atoms with van der Waals surface area (Å²) in [5.74, 6) is -1.92. The predicted octanol–water partition coefficient (Wildman–Crippen LogP) is 6.42. The van der Waals surface area contributed by atoms with Crippen molar-refractivity contribution in [3.63, 3.8) is 0 Å². The summed E-state index contributed by atoms with van der Waals surface area (Å²) < 4.78 is 46.4. The number of nitrogens with one attached hydrogen (secondary N) is 3. The minimum atomic E-state index is -4.45. The Labute approximate surface area is 355 Å². The number of likely N-dealkylation sites (tertiary alicyclic amines) is 1. The van der Waals surface area contributed by atoms with Gasteiger partial charge < -0.3 is 29.7 Å². The lowest BCUT2D eigenvalue weighted by Crippen LogP contribution is -2.60. The Hall–Kier alpha value is -5.67. The summed E-state index contributed by atoms with van der Waals surface area (Å²) in [5, 5.41) is 6.06. The number of alkyl carbamates (subject to hydrolysis) is 1. The smallest absolute Gasteiger partial charge is 0.408 e. The zero-order valence-electron chi connectivity index (χ0n) is 34.6. The van der Waals surface area contributed by atoms with E-state index < -0.39 is 74.5 Å². The molecule has 4 amide bonds. The minimum Gasteiger partial charge on any atom is -0.497 e. The molecule has 14 nitrogen and oxygen atoms in total. The molecule has 3 N–H and O–H groups in total. The van der Waals surface area contributed by atoms with E-state index in [9.17, 15) is 27.6 Å². The van der Waals surface area contributed by atoms with Crippen molar-refractivity contribution in [2.75, 3.05) is 13.7 Å². The minimum absolute atomic E-state index is 0.0319. The van der Waals surface area contributed by atoms with Crippen LogP contribution in [0.25, 0.3) is 22.2 Å². The Morgan fingerprint density at radius 1 is 0.983 bits per heavy atom. The van der Waals surface area contributed by atoms with E-state index in [1.807, 2.05) is 36.4 Å². The monoisotopic (exact) mass is 859 g/mol. The number of fused-ring (bicyclic) bond motifs is 1. The summed E-state index contributed by atoms with van der Waals surface area (Å²) in [6.45, 7) is 14.1. The summed E-state index contributed by atoms with van der Waals surface area (Å²) in [5.41, 5.74) is -1.40. The number of hydrogen-bond donors (Lipinski definition) is 3. The Morgan fingerprint density at radius 2 is 1.67 bits per heavy atom. The highest BCUT2D eigenvalue weighted by molar-refractivity contribution is 7.90. The van der Waals surface area contributed by atoms with Crippen molar-refractivity contribution in [1.29, 1.82) is 0 Å². The van der Waals surface area contributed by atoms with Gasteiger partial charge >= 0.3 is 6.09 Å². The van der Waals surface area contributed by atoms with Gasteiger partial charge in [-0.15, -0.1) is 6.58 Å². The van der Waals surface area contributed by atoms with E-state index in [-0.39, 0.29) is 29.3 Å². The van der Waals surface area contributed by atoms with Gasteiger partial charge in [0.05, 0.1) is 29.9 Å². The van der Waals surface area contributed by atoms with Crippen LogP contribution in [0.2, 0.25) is 5.02 Å². The molecular weight excluding hydrogens is 810 g/mol. The fourth-order valence-corrected chi connectivity index (χ4v) is 8.78. The maximum atomic E-state index is 14.7. The second-order valence-electron chi connectivity index (χ2n) is 17.1. The number of amides is 4. The number of methoxy groups -OCH3 is 1. The number of pyridine rings is 1. The van der Waals surface area contributed by atoms with Crippen LogP contribution in [0.3, 0.4) is 0 Å². The Kier molecular flexibility index (Phi) is 12.3. The highest BCUT2D eigenvalue weighted by Gasteiger charge is 2.61. The fraction of sp³-hybridized carbons (Fsp3) is 0.386. The van der Waals surface area contributed by atoms with Crippen molar-refractivity contribution < 1.29 is 41.8 Å². The summed E-state index contributed by atoms with van der Waals surface area (Å²) in [4.78, 5) is 62.2. The molecule has 0 spiro atoms. The van der Waals surface area contributed by atoms with Crippen LogP contribution in [0.1, 0.15) is 54.4 Å². The number of benzene rings is 3. The third kappa shape index (κ3) is 9.52. The molecule has 318 valence electrons. The topological polar surface area (TPSA) is 182 Å². The van der Waals surface area contributed by atoms with Crippen molar-refractivity contribution in [3.8, 4) is 22.8 Å². The Balaban J connectivity index is 1.35. The largest absolute Gasteiger partial charge is 0.497 e. The second-order valence-corrected chi connectivity index (χ2v) is 19.1. The van der Waals surface area contributed by atoms with Gasteiger partial charge in [0, 0.05) is 35.4 Å². The molecule has 1 aliphatic heterocycles. The third-order valence-corrected chi connectivity index (χ3v) is 12.2. The number of halogens is 1. The lowest BCUT2D eigenvalue weighted by molar-refractivity contribution is -0.143. The van der Waals surface area contributed by atoms with Crippen molar-refractivity contribution in [1.82, 2.24) is 25.2 Å². The quantitative estimate of drug-likeness (QED) is 0.135. The number of aromatic nitrogens is 1. The van der Waals surface area contributed by atoms with E-state index >= 15 is 0 Å². The number of rotatable bonds is 12. The van der Waals surface area contributed by atoms with Crippen molar-refractivity contribution in [2.24, 2.45) is 11.3 Å². The number of carbonyl (C=O) groups is 4. The first-order chi connectivity index (χ1) is 28.2. The van der Waals surface area contributed by atoms with Gasteiger partial charge in [0.15, 0.2) is 0 Å². The lowest BCUT2D eigenvalue weighted by Gasteiger charge is -2.36. The van der Waals surface area contributed by atoms with Crippen LogP contribution in [0.15, 0.2) is 96.4 Å². The maximum Gasteiger partial charge on any atom is 0.408 e. The molecule has 3 aromatic carbocycles. The first kappa shape index (κ1) is 43.9. The highest BCUT2D eigenvalue weighted by Crippen LogP contribution is 2.45. The van der Waals surface area contributed by atoms with E-state index in [1.165, 1.54) is 29.2 Å². The number of hydrogen-bond acceptors (Lipinski definition) is 10. The van der Waals surface area contributed by atoms with E-state index in [2.05, 4.69) is 21.9 Å². The molecule has 2 aliphatic rings. The van der Waals surface area contributed by atoms with Crippen LogP contribution in [0, 0.1) is 11.3 Å². The molecule has 2 fully saturated rings. The zero-order chi connectivity index (χ0) is 43.8. The first-order valence-electron chi connectivity index (χ1n) is 19.4. The summed E-state index contributed by atoms with van der Waals surface area (Å²) in [7, 11) is -2.90. The third-order valence-electron chi connectivity index (χ3n) is 10.4. The van der Waals surface area contributed by atoms with Crippen molar-refractivity contribution in [2.45, 2.75) is 88.6 Å². The predicted molar refractivity (Wildman–Crippen MR) is 227 cm³/mol. The van der Waals surface area contributed by atoms with Crippen LogP contribution in [-0.2, 0) is 29.1 Å². The van der Waals surface area contributed by atoms with Crippen LogP contribution >= 0.6 is 11.6 Å². The van der Waals surface area contributed by atoms with Crippen molar-refractivity contribution in [3.05, 3.63) is 96.5 Å². The molecule has 0 unspecified atom stereocenters. The standard InChI is InChI=1S/C44H50ClN5O9S/c1-9-27-24-44(27,40(53)49-60(55,56)36-18-14-13-17-31(36)45)48-38(51)34-22-29(25-50(34)39(52)37(42(2,3)4)47-41(54)59-43(5,6)7)58-35-23-32(26-15-11-10-12-16-26)46-33-21-28(57-8)19-20-30(33)35/h9-21,23,27,29,34,37H,1,22,24-25H2,2-8H3,(H,47,54)(H,48,51)(H,49,53)/t27-,29-,34+,37-,44-/m1/s1. The summed E-state index contributed by atoms with van der Waals surface area (Å²) >= 11 is 6.16.